The summed E-state index contributed by atoms with van der Waals surface area (Å²) in [6.45, 7) is 7.78. The molecule has 0 bridgehead atoms. The Hall–Kier alpha value is -5.78. The molecule has 0 spiro atoms. The van der Waals surface area contributed by atoms with Gasteiger partial charge in [-0.1, -0.05) is 64.1 Å². The predicted molar refractivity (Wildman–Crippen MR) is 215 cm³/mol. The molecule has 0 aliphatic heterocycles. The van der Waals surface area contributed by atoms with Crippen LogP contribution in [0.3, 0.4) is 0 Å². The molecule has 2 heterocycles. The number of rotatable bonds is 18. The lowest BCUT2D eigenvalue weighted by molar-refractivity contribution is -0.136. The van der Waals surface area contributed by atoms with Gasteiger partial charge in [0, 0.05) is 85.8 Å². The summed E-state index contributed by atoms with van der Waals surface area (Å²) in [6.07, 6.45) is 4.93. The number of likely N-dealkylation sites (N-methyl/N-ethyl adjacent to an activating group) is 2. The second-order valence-electron chi connectivity index (χ2n) is 14.6. The van der Waals surface area contributed by atoms with Gasteiger partial charge in [0.1, 0.15) is 12.1 Å². The van der Waals surface area contributed by atoms with Gasteiger partial charge in [0.25, 0.3) is 0 Å². The lowest BCUT2D eigenvalue weighted by Crippen LogP contribution is -2.49. The number of aromatic nitrogens is 2. The molecule has 0 radical (unpaired) electrons. The molecule has 4 aromatic rings. The van der Waals surface area contributed by atoms with Crippen LogP contribution in [-0.4, -0.2) is 87.5 Å². The zero-order valence-corrected chi connectivity index (χ0v) is 33.3. The maximum Gasteiger partial charge on any atom is 0.244 e. The third kappa shape index (κ3) is 14.3. The van der Waals surface area contributed by atoms with E-state index in [4.69, 9.17) is 10.4 Å². The van der Waals surface area contributed by atoms with E-state index in [0.717, 1.165) is 32.9 Å². The summed E-state index contributed by atoms with van der Waals surface area (Å²) in [6, 6.07) is 13.9. The molecule has 17 nitrogen and oxygen atoms in total. The fourth-order valence-corrected chi connectivity index (χ4v) is 6.63. The first-order valence-corrected chi connectivity index (χ1v) is 18.7. The van der Waals surface area contributed by atoms with Crippen molar-refractivity contribution in [3.63, 3.8) is 0 Å². The van der Waals surface area contributed by atoms with Gasteiger partial charge in [-0.25, -0.2) is 11.0 Å². The Morgan fingerprint density at radius 2 is 0.930 bits per heavy atom. The molecule has 312 valence electrons. The van der Waals surface area contributed by atoms with Crippen molar-refractivity contribution in [2.75, 3.05) is 14.1 Å². The molecular formula is C40H58N8O9. The van der Waals surface area contributed by atoms with Gasteiger partial charge in [-0.2, -0.15) is 0 Å². The van der Waals surface area contributed by atoms with E-state index in [1.165, 1.54) is 14.1 Å². The number of carbonyl (C=O) groups excluding carboxylic acids is 6. The number of benzene rings is 2. The van der Waals surface area contributed by atoms with E-state index in [2.05, 4.69) is 31.2 Å². The lowest BCUT2D eigenvalue weighted by atomic mass is 9.92. The summed E-state index contributed by atoms with van der Waals surface area (Å²) in [4.78, 5) is 79.8. The Kier molecular flexibility index (Phi) is 19.4. The van der Waals surface area contributed by atoms with Crippen LogP contribution in [0.1, 0.15) is 64.5 Å². The molecule has 0 saturated carbocycles. The zero-order valence-electron chi connectivity index (χ0n) is 33.3. The van der Waals surface area contributed by atoms with Gasteiger partial charge in [0.2, 0.25) is 35.4 Å². The number of hydrogen-bond acceptors (Lipinski definition) is 8. The van der Waals surface area contributed by atoms with Gasteiger partial charge in [-0.05, 0) is 47.9 Å². The van der Waals surface area contributed by atoms with Crippen LogP contribution in [0.25, 0.3) is 21.8 Å². The van der Waals surface area contributed by atoms with Crippen molar-refractivity contribution in [1.29, 1.82) is 0 Å². The number of nitrogens with one attached hydrogen (secondary N) is 8. The van der Waals surface area contributed by atoms with Gasteiger partial charge in [0.15, 0.2) is 0 Å². The van der Waals surface area contributed by atoms with Gasteiger partial charge in [0.05, 0.1) is 0 Å². The molecule has 4 atom stereocenters. The first-order chi connectivity index (χ1) is 26.7. The van der Waals surface area contributed by atoms with Crippen LogP contribution in [0.2, 0.25) is 0 Å². The average molecular weight is 795 g/mol. The van der Waals surface area contributed by atoms with Gasteiger partial charge < -0.3 is 36.7 Å². The second kappa shape index (κ2) is 23.3. The van der Waals surface area contributed by atoms with E-state index < -0.39 is 35.7 Å². The number of hydroxylamine groups is 2. The van der Waals surface area contributed by atoms with E-state index in [9.17, 15) is 28.8 Å². The van der Waals surface area contributed by atoms with Crippen molar-refractivity contribution in [2.24, 2.45) is 23.7 Å². The Labute approximate surface area is 331 Å². The maximum atomic E-state index is 12.8. The van der Waals surface area contributed by atoms with Gasteiger partial charge in [-0.15, -0.1) is 0 Å². The Morgan fingerprint density at radius 1 is 0.579 bits per heavy atom. The monoisotopic (exact) mass is 794 g/mol. The summed E-state index contributed by atoms with van der Waals surface area (Å²) < 4.78 is 0. The molecule has 17 heteroatoms. The van der Waals surface area contributed by atoms with E-state index in [1.54, 1.807) is 11.0 Å². The molecule has 2 aromatic heterocycles. The molecule has 0 saturated heterocycles. The number of amides is 6. The number of aromatic amines is 2. The highest BCUT2D eigenvalue weighted by Gasteiger charge is 2.30. The molecule has 2 aromatic carbocycles. The van der Waals surface area contributed by atoms with Crippen LogP contribution in [0.5, 0.6) is 0 Å². The minimum Gasteiger partial charge on any atom is -0.412 e. The highest BCUT2D eigenvalue weighted by atomic mass is 16.5. The highest BCUT2D eigenvalue weighted by molar-refractivity contribution is 5.93. The number of carbonyl (C=O) groups is 6. The fraction of sp³-hybridized carbons (Fsp3) is 0.450. The van der Waals surface area contributed by atoms with E-state index in [-0.39, 0.29) is 53.8 Å². The number of hydrogen-bond donors (Lipinski definition) is 10. The van der Waals surface area contributed by atoms with Crippen molar-refractivity contribution < 1.29 is 44.7 Å². The third-order valence-corrected chi connectivity index (χ3v) is 9.32. The minimum absolute atomic E-state index is 0. The van der Waals surface area contributed by atoms with E-state index >= 15 is 0 Å². The standard InChI is InChI=1S/2C20H28N4O4.H2O/c2*1-12(2)8-13(10-18(25)24-28)19(26)23-17(20(27)21-3)9-14-11-22-16-7-5-4-6-15(14)16;/h2*4-7,11-13,17,22,28H,8-10H2,1-3H3,(H,21,27)(H,23,26)(H,24,25);1H2/t2*13-,17+;/m11./s1. The van der Waals surface area contributed by atoms with Crippen LogP contribution in [0.15, 0.2) is 60.9 Å². The molecule has 0 fully saturated rings. The summed E-state index contributed by atoms with van der Waals surface area (Å²) in [7, 11) is 3.03. The number of H-pyrrole nitrogens is 2. The van der Waals surface area contributed by atoms with E-state index in [0.29, 0.717) is 25.7 Å². The summed E-state index contributed by atoms with van der Waals surface area (Å²) >= 11 is 0. The van der Waals surface area contributed by atoms with Crippen molar-refractivity contribution in [2.45, 2.75) is 78.3 Å². The molecule has 0 aliphatic rings. The minimum atomic E-state index is -0.774. The summed E-state index contributed by atoms with van der Waals surface area (Å²) in [5.41, 5.74) is 6.87. The quantitative estimate of drug-likeness (QED) is 0.0525. The molecular weight excluding hydrogens is 736 g/mol. The van der Waals surface area contributed by atoms with Crippen molar-refractivity contribution >= 4 is 57.2 Å². The van der Waals surface area contributed by atoms with Gasteiger partial charge in [-0.3, -0.25) is 39.2 Å². The molecule has 12 N–H and O–H groups in total. The highest BCUT2D eigenvalue weighted by Crippen LogP contribution is 2.22. The van der Waals surface area contributed by atoms with Crippen LogP contribution in [0.4, 0.5) is 0 Å². The Bertz CT molecular complexity index is 1800. The van der Waals surface area contributed by atoms with Crippen LogP contribution in [-0.2, 0) is 41.6 Å². The van der Waals surface area contributed by atoms with E-state index in [1.807, 2.05) is 88.6 Å². The van der Waals surface area contributed by atoms with Crippen LogP contribution < -0.4 is 32.2 Å². The third-order valence-electron chi connectivity index (χ3n) is 9.32. The normalized spacial score (nSPS) is 12.9. The summed E-state index contributed by atoms with van der Waals surface area (Å²) in [5, 5.41) is 30.3. The lowest BCUT2D eigenvalue weighted by Gasteiger charge is -2.22. The van der Waals surface area contributed by atoms with Crippen LogP contribution in [0, 0.1) is 23.7 Å². The zero-order chi connectivity index (χ0) is 41.4. The Morgan fingerprint density at radius 3 is 1.25 bits per heavy atom. The first kappa shape index (κ1) is 47.4. The molecule has 4 rings (SSSR count). The number of para-hydroxylation sites is 2. The maximum absolute atomic E-state index is 12.8. The SMILES string of the molecule is CNC(=O)[C@H](Cc1c[nH]c2ccccc12)NC(=O)[C@@H](CC(=O)NO)CC(C)C.CNC(=O)[C@H](Cc1c[nH]c2ccccc12)NC(=O)[C@@H](CC(=O)NO)CC(C)C.O. The van der Waals surface area contributed by atoms with Crippen molar-refractivity contribution in [3.8, 4) is 0 Å². The van der Waals surface area contributed by atoms with Crippen molar-refractivity contribution in [1.82, 2.24) is 42.2 Å². The molecule has 6 amide bonds. The largest absolute Gasteiger partial charge is 0.412 e. The topological polar surface area (TPSA) is 278 Å². The van der Waals surface area contributed by atoms with Crippen molar-refractivity contribution in [3.05, 3.63) is 72.1 Å². The summed E-state index contributed by atoms with van der Waals surface area (Å²) in [5.74, 6) is -3.57. The molecule has 57 heavy (non-hydrogen) atoms. The average Bonchev–Trinajstić information content (AvgIpc) is 3.79. The van der Waals surface area contributed by atoms with Crippen LogP contribution >= 0.6 is 0 Å². The first-order valence-electron chi connectivity index (χ1n) is 18.7. The predicted octanol–water partition coefficient (Wildman–Crippen LogP) is 2.17. The smallest absolute Gasteiger partial charge is 0.244 e. The van der Waals surface area contributed by atoms with Gasteiger partial charge >= 0.3 is 0 Å². The molecule has 0 aliphatic carbocycles. The molecule has 0 unspecified atom stereocenters. The second-order valence-corrected chi connectivity index (χ2v) is 14.6. The fourth-order valence-electron chi connectivity index (χ4n) is 6.63. The number of fused-ring (bicyclic) bond motifs is 2. The Balaban J connectivity index is 0.000000387.